The molecule has 0 fully saturated rings. The first-order chi connectivity index (χ1) is 11.9. The lowest BCUT2D eigenvalue weighted by atomic mass is 10.1. The molecule has 0 atom stereocenters. The summed E-state index contributed by atoms with van der Waals surface area (Å²) in [6, 6.07) is 27.0. The number of benzene rings is 3. The van der Waals surface area contributed by atoms with E-state index >= 15 is 0 Å². The zero-order valence-corrected chi connectivity index (χ0v) is 13.4. The third-order valence-corrected chi connectivity index (χ3v) is 4.21. The van der Waals surface area contributed by atoms with Gasteiger partial charge in [0.25, 0.3) is 0 Å². The van der Waals surface area contributed by atoms with Gasteiger partial charge in [0.15, 0.2) is 0 Å². The molecule has 1 aliphatic heterocycles. The van der Waals surface area contributed by atoms with E-state index in [0.29, 0.717) is 6.61 Å². The molecule has 1 heterocycles. The fraction of sp³-hybridized carbons (Fsp3) is 0.0909. The SMILES string of the molecule is C1=Cc2ccccc2N(c2ccccc2OCc2ccccc2)C1. The van der Waals surface area contributed by atoms with Gasteiger partial charge in [-0.25, -0.2) is 0 Å². The normalized spacial score (nSPS) is 12.8. The highest BCUT2D eigenvalue weighted by Crippen LogP contribution is 2.37. The van der Waals surface area contributed by atoms with Crippen LogP contribution >= 0.6 is 0 Å². The van der Waals surface area contributed by atoms with E-state index in [0.717, 1.165) is 18.0 Å². The molecule has 0 saturated heterocycles. The van der Waals surface area contributed by atoms with Crippen LogP contribution in [0.5, 0.6) is 5.75 Å². The summed E-state index contributed by atoms with van der Waals surface area (Å²) in [5.74, 6) is 0.909. The van der Waals surface area contributed by atoms with E-state index in [-0.39, 0.29) is 0 Å². The van der Waals surface area contributed by atoms with Crippen molar-refractivity contribution in [3.63, 3.8) is 0 Å². The smallest absolute Gasteiger partial charge is 0.143 e. The molecule has 3 aromatic rings. The molecule has 2 heteroatoms. The molecule has 1 aliphatic rings. The van der Waals surface area contributed by atoms with Crippen LogP contribution in [0.3, 0.4) is 0 Å². The average molecular weight is 313 g/mol. The maximum atomic E-state index is 6.13. The molecular formula is C22H19NO. The summed E-state index contributed by atoms with van der Waals surface area (Å²) in [7, 11) is 0. The lowest BCUT2D eigenvalue weighted by Crippen LogP contribution is -2.20. The number of anilines is 2. The lowest BCUT2D eigenvalue weighted by molar-refractivity contribution is 0.307. The summed E-state index contributed by atoms with van der Waals surface area (Å²) in [6.07, 6.45) is 4.37. The van der Waals surface area contributed by atoms with Gasteiger partial charge in [0, 0.05) is 12.2 Å². The van der Waals surface area contributed by atoms with Gasteiger partial charge in [-0.1, -0.05) is 72.8 Å². The van der Waals surface area contributed by atoms with Gasteiger partial charge in [0.1, 0.15) is 12.4 Å². The predicted molar refractivity (Wildman–Crippen MR) is 99.7 cm³/mol. The van der Waals surface area contributed by atoms with Crippen molar-refractivity contribution in [1.29, 1.82) is 0 Å². The second-order valence-corrected chi connectivity index (χ2v) is 5.81. The standard InChI is InChI=1S/C22H19NO/c1-2-9-18(10-3-1)17-24-22-15-7-6-14-21(22)23-16-8-12-19-11-4-5-13-20(19)23/h1-15H,16-17H2. The molecule has 0 saturated carbocycles. The Morgan fingerprint density at radius 2 is 1.46 bits per heavy atom. The first-order valence-corrected chi connectivity index (χ1v) is 8.21. The van der Waals surface area contributed by atoms with E-state index in [4.69, 9.17) is 4.74 Å². The molecule has 0 amide bonds. The Morgan fingerprint density at radius 1 is 0.750 bits per heavy atom. The van der Waals surface area contributed by atoms with Gasteiger partial charge in [-0.3, -0.25) is 0 Å². The molecule has 0 spiro atoms. The molecule has 0 aromatic heterocycles. The third-order valence-electron chi connectivity index (χ3n) is 4.21. The molecule has 3 aromatic carbocycles. The summed E-state index contributed by atoms with van der Waals surface area (Å²) in [5, 5.41) is 0. The summed E-state index contributed by atoms with van der Waals surface area (Å²) < 4.78 is 6.13. The molecule has 4 rings (SSSR count). The Kier molecular flexibility index (Phi) is 4.03. The number of rotatable bonds is 4. The Balaban J connectivity index is 1.64. The van der Waals surface area contributed by atoms with Crippen molar-refractivity contribution >= 4 is 17.5 Å². The van der Waals surface area contributed by atoms with Crippen molar-refractivity contribution in [3.8, 4) is 5.75 Å². The minimum atomic E-state index is 0.573. The van der Waals surface area contributed by atoms with Gasteiger partial charge >= 0.3 is 0 Å². The first-order valence-electron chi connectivity index (χ1n) is 8.21. The number of fused-ring (bicyclic) bond motifs is 1. The Bertz CT molecular complexity index is 855. The maximum Gasteiger partial charge on any atom is 0.143 e. The van der Waals surface area contributed by atoms with Gasteiger partial charge in [0.05, 0.1) is 5.69 Å². The fourth-order valence-corrected chi connectivity index (χ4v) is 3.02. The minimum Gasteiger partial charge on any atom is -0.487 e. The topological polar surface area (TPSA) is 12.5 Å². The molecule has 24 heavy (non-hydrogen) atoms. The van der Waals surface area contributed by atoms with Gasteiger partial charge in [0.2, 0.25) is 0 Å². The van der Waals surface area contributed by atoms with E-state index in [1.807, 2.05) is 30.3 Å². The fourth-order valence-electron chi connectivity index (χ4n) is 3.02. The highest BCUT2D eigenvalue weighted by molar-refractivity contribution is 5.79. The quantitative estimate of drug-likeness (QED) is 0.637. The molecule has 0 N–H and O–H groups in total. The zero-order chi connectivity index (χ0) is 16.2. The number of ether oxygens (including phenoxy) is 1. The second kappa shape index (κ2) is 6.63. The summed E-state index contributed by atoms with van der Waals surface area (Å²) in [6.45, 7) is 1.42. The van der Waals surface area contributed by atoms with Crippen molar-refractivity contribution in [2.24, 2.45) is 0 Å². The van der Waals surface area contributed by atoms with Crippen molar-refractivity contribution in [2.45, 2.75) is 6.61 Å². The molecular weight excluding hydrogens is 294 g/mol. The summed E-state index contributed by atoms with van der Waals surface area (Å²) >= 11 is 0. The number of para-hydroxylation sites is 3. The highest BCUT2D eigenvalue weighted by atomic mass is 16.5. The van der Waals surface area contributed by atoms with Crippen LogP contribution in [-0.2, 0) is 6.61 Å². The van der Waals surface area contributed by atoms with Gasteiger partial charge in [-0.15, -0.1) is 0 Å². The molecule has 0 bridgehead atoms. The van der Waals surface area contributed by atoms with Crippen LogP contribution in [0, 0.1) is 0 Å². The van der Waals surface area contributed by atoms with Crippen LogP contribution in [0.2, 0.25) is 0 Å². The minimum absolute atomic E-state index is 0.573. The van der Waals surface area contributed by atoms with Gasteiger partial charge < -0.3 is 9.64 Å². The highest BCUT2D eigenvalue weighted by Gasteiger charge is 2.17. The molecule has 118 valence electrons. The van der Waals surface area contributed by atoms with E-state index in [9.17, 15) is 0 Å². The van der Waals surface area contributed by atoms with E-state index < -0.39 is 0 Å². The Labute approximate surface area is 142 Å². The number of hydrogen-bond donors (Lipinski definition) is 0. The van der Waals surface area contributed by atoms with Crippen molar-refractivity contribution in [1.82, 2.24) is 0 Å². The first kappa shape index (κ1) is 14.6. The van der Waals surface area contributed by atoms with Gasteiger partial charge in [-0.2, -0.15) is 0 Å². The van der Waals surface area contributed by atoms with E-state index in [1.54, 1.807) is 0 Å². The molecule has 0 radical (unpaired) electrons. The molecule has 0 aliphatic carbocycles. The van der Waals surface area contributed by atoms with Gasteiger partial charge in [-0.05, 0) is 29.3 Å². The Morgan fingerprint density at radius 3 is 2.33 bits per heavy atom. The van der Waals surface area contributed by atoms with Crippen molar-refractivity contribution < 1.29 is 4.74 Å². The second-order valence-electron chi connectivity index (χ2n) is 5.81. The van der Waals surface area contributed by atoms with Crippen molar-refractivity contribution in [3.05, 3.63) is 96.1 Å². The number of nitrogens with zero attached hydrogens (tertiary/aromatic N) is 1. The van der Waals surface area contributed by atoms with E-state index in [2.05, 4.69) is 65.6 Å². The zero-order valence-electron chi connectivity index (χ0n) is 13.4. The third kappa shape index (κ3) is 2.91. The van der Waals surface area contributed by atoms with E-state index in [1.165, 1.54) is 16.8 Å². The monoisotopic (exact) mass is 313 g/mol. The lowest BCUT2D eigenvalue weighted by Gasteiger charge is -2.29. The van der Waals surface area contributed by atoms with Crippen molar-refractivity contribution in [2.75, 3.05) is 11.4 Å². The van der Waals surface area contributed by atoms with Crippen LogP contribution in [0.25, 0.3) is 6.08 Å². The summed E-state index contributed by atoms with van der Waals surface area (Å²) in [5.41, 5.74) is 4.73. The summed E-state index contributed by atoms with van der Waals surface area (Å²) in [4.78, 5) is 2.30. The number of hydrogen-bond acceptors (Lipinski definition) is 2. The van der Waals surface area contributed by atoms with Crippen LogP contribution in [-0.4, -0.2) is 6.54 Å². The van der Waals surface area contributed by atoms with Crippen LogP contribution in [0.1, 0.15) is 11.1 Å². The predicted octanol–water partition coefficient (Wildman–Crippen LogP) is 5.43. The Hall–Kier alpha value is -3.00. The largest absolute Gasteiger partial charge is 0.487 e. The van der Waals surface area contributed by atoms with Crippen LogP contribution in [0.15, 0.2) is 84.9 Å². The molecule has 2 nitrogen and oxygen atoms in total. The maximum absolute atomic E-state index is 6.13. The average Bonchev–Trinajstić information content (AvgIpc) is 2.67. The van der Waals surface area contributed by atoms with Crippen LogP contribution < -0.4 is 9.64 Å². The van der Waals surface area contributed by atoms with Crippen LogP contribution in [0.4, 0.5) is 11.4 Å². The molecule has 0 unspecified atom stereocenters.